The fourth-order valence-corrected chi connectivity index (χ4v) is 4.25. The number of fused-ring (bicyclic) bond motifs is 4. The average Bonchev–Trinajstić information content (AvgIpc) is 3.23. The molecule has 0 saturated heterocycles. The second kappa shape index (κ2) is 6.21. The lowest BCUT2D eigenvalue weighted by Gasteiger charge is -2.13. The molecule has 1 aliphatic rings. The van der Waals surface area contributed by atoms with E-state index >= 15 is 0 Å². The molecule has 0 bridgehead atoms. The topological polar surface area (TPSA) is 67.6 Å². The number of hydrogen-bond acceptors (Lipinski definition) is 5. The van der Waals surface area contributed by atoms with Crippen molar-refractivity contribution in [2.24, 2.45) is 0 Å². The van der Waals surface area contributed by atoms with Gasteiger partial charge < -0.3 is 0 Å². The van der Waals surface area contributed by atoms with E-state index in [-0.39, 0.29) is 11.8 Å². The average molecular weight is 374 g/mol. The number of nitrogens with zero attached hydrogens (tertiary/aromatic N) is 4. The van der Waals surface area contributed by atoms with Gasteiger partial charge in [0.15, 0.2) is 10.8 Å². The van der Waals surface area contributed by atoms with Gasteiger partial charge in [-0.3, -0.25) is 18.9 Å². The van der Waals surface area contributed by atoms with Gasteiger partial charge in [0.2, 0.25) is 0 Å². The summed E-state index contributed by atoms with van der Waals surface area (Å²) in [5, 5.41) is 10.4. The van der Waals surface area contributed by atoms with Crippen LogP contribution in [0.4, 0.5) is 0 Å². The maximum Gasteiger partial charge on any atom is 0.261 e. The largest absolute Gasteiger partial charge is 0.273 e. The van der Waals surface area contributed by atoms with E-state index in [1.807, 2.05) is 40.8 Å². The van der Waals surface area contributed by atoms with Crippen LogP contribution in [0.25, 0.3) is 16.6 Å². The lowest BCUT2D eigenvalue weighted by atomic mass is 10.1. The van der Waals surface area contributed by atoms with Crippen molar-refractivity contribution < 1.29 is 9.59 Å². The molecule has 2 amide bonds. The zero-order valence-electron chi connectivity index (χ0n) is 14.2. The van der Waals surface area contributed by atoms with Gasteiger partial charge in [-0.15, -0.1) is 10.2 Å². The van der Waals surface area contributed by atoms with E-state index < -0.39 is 0 Å². The number of imide groups is 1. The van der Waals surface area contributed by atoms with Crippen LogP contribution >= 0.6 is 11.8 Å². The van der Waals surface area contributed by atoms with E-state index in [9.17, 15) is 9.59 Å². The number of carbonyl (C=O) groups is 2. The van der Waals surface area contributed by atoms with E-state index in [0.29, 0.717) is 23.4 Å². The molecule has 0 unspecified atom stereocenters. The van der Waals surface area contributed by atoms with Gasteiger partial charge in [-0.25, -0.2) is 0 Å². The molecule has 6 nitrogen and oxygen atoms in total. The van der Waals surface area contributed by atoms with Crippen molar-refractivity contribution >= 4 is 40.1 Å². The number of carbonyl (C=O) groups excluding carboxylic acids is 2. The number of pyridine rings is 1. The Morgan fingerprint density at radius 1 is 0.815 bits per heavy atom. The zero-order chi connectivity index (χ0) is 18.4. The predicted octanol–water partition coefficient (Wildman–Crippen LogP) is 3.27. The standard InChI is InChI=1S/C20H14N4O2S/c25-18-14-6-2-3-7-15(14)19(26)23(18)11-12-27-20-22-21-17-10-9-13-5-1-4-8-16(13)24(17)20/h1-10H,11-12H2. The lowest BCUT2D eigenvalue weighted by molar-refractivity contribution is 0.0664. The predicted molar refractivity (Wildman–Crippen MR) is 103 cm³/mol. The van der Waals surface area contributed by atoms with Crippen molar-refractivity contribution in [2.45, 2.75) is 5.16 Å². The Bertz CT molecular complexity index is 1180. The summed E-state index contributed by atoms with van der Waals surface area (Å²) in [4.78, 5) is 26.2. The molecule has 2 aromatic carbocycles. The molecule has 0 fully saturated rings. The first-order chi connectivity index (χ1) is 13.2. The molecule has 5 rings (SSSR count). The molecule has 0 N–H and O–H groups in total. The summed E-state index contributed by atoms with van der Waals surface area (Å²) < 4.78 is 2.00. The minimum atomic E-state index is -0.229. The van der Waals surface area contributed by atoms with E-state index in [1.165, 1.54) is 16.7 Å². The number of amides is 2. The van der Waals surface area contributed by atoms with Crippen LogP contribution in [0.1, 0.15) is 20.7 Å². The maximum atomic E-state index is 12.4. The Morgan fingerprint density at radius 2 is 1.52 bits per heavy atom. The van der Waals surface area contributed by atoms with Gasteiger partial charge in [0, 0.05) is 12.3 Å². The number of aromatic nitrogens is 3. The number of para-hydroxylation sites is 1. The normalized spacial score (nSPS) is 13.7. The molecule has 7 heteroatoms. The fourth-order valence-electron chi connectivity index (χ4n) is 3.38. The molecule has 0 aliphatic carbocycles. The third-order valence-corrected chi connectivity index (χ3v) is 5.58. The van der Waals surface area contributed by atoms with Gasteiger partial charge in [0.1, 0.15) is 0 Å². The van der Waals surface area contributed by atoms with Crippen LogP contribution in [-0.4, -0.2) is 43.6 Å². The first kappa shape index (κ1) is 16.0. The molecular formula is C20H14N4O2S. The third kappa shape index (κ3) is 2.50. The van der Waals surface area contributed by atoms with Crippen LogP contribution < -0.4 is 0 Å². The van der Waals surface area contributed by atoms with Crippen LogP contribution in [0.2, 0.25) is 0 Å². The maximum absolute atomic E-state index is 12.4. The first-order valence-electron chi connectivity index (χ1n) is 8.55. The highest BCUT2D eigenvalue weighted by Gasteiger charge is 2.34. The van der Waals surface area contributed by atoms with Gasteiger partial charge in [-0.2, -0.15) is 0 Å². The molecule has 2 aromatic heterocycles. The Hall–Kier alpha value is -3.19. The summed E-state index contributed by atoms with van der Waals surface area (Å²) in [6.07, 6.45) is 0. The van der Waals surface area contributed by atoms with Gasteiger partial charge in [-0.05, 0) is 35.7 Å². The van der Waals surface area contributed by atoms with Gasteiger partial charge in [0.25, 0.3) is 11.8 Å². The molecule has 4 aromatic rings. The number of benzene rings is 2. The molecular weight excluding hydrogens is 360 g/mol. The SMILES string of the molecule is O=C1c2ccccc2C(=O)N1CCSc1nnc2ccc3ccccc3n12. The van der Waals surface area contributed by atoms with Crippen molar-refractivity contribution in [2.75, 3.05) is 12.3 Å². The summed E-state index contributed by atoms with van der Waals surface area (Å²) >= 11 is 1.48. The van der Waals surface area contributed by atoms with Crippen LogP contribution in [0.15, 0.2) is 65.8 Å². The van der Waals surface area contributed by atoms with Crippen LogP contribution in [0.3, 0.4) is 0 Å². The Balaban J connectivity index is 1.38. The molecule has 0 spiro atoms. The Labute approximate surface area is 158 Å². The highest BCUT2D eigenvalue weighted by atomic mass is 32.2. The number of hydrogen-bond donors (Lipinski definition) is 0. The van der Waals surface area contributed by atoms with E-state index in [4.69, 9.17) is 0 Å². The molecule has 0 radical (unpaired) electrons. The fraction of sp³-hybridized carbons (Fsp3) is 0.100. The van der Waals surface area contributed by atoms with Gasteiger partial charge >= 0.3 is 0 Å². The van der Waals surface area contributed by atoms with Crippen molar-refractivity contribution in [3.63, 3.8) is 0 Å². The van der Waals surface area contributed by atoms with Gasteiger partial charge in [0.05, 0.1) is 16.6 Å². The van der Waals surface area contributed by atoms with Gasteiger partial charge in [-0.1, -0.05) is 42.1 Å². The minimum Gasteiger partial charge on any atom is -0.273 e. The monoisotopic (exact) mass is 374 g/mol. The summed E-state index contributed by atoms with van der Waals surface area (Å²) in [6, 6.07) is 18.9. The number of rotatable bonds is 4. The van der Waals surface area contributed by atoms with E-state index in [0.717, 1.165) is 21.7 Å². The van der Waals surface area contributed by atoms with Crippen molar-refractivity contribution in [1.29, 1.82) is 0 Å². The van der Waals surface area contributed by atoms with Crippen molar-refractivity contribution in [3.05, 3.63) is 71.8 Å². The minimum absolute atomic E-state index is 0.229. The Kier molecular flexibility index (Phi) is 3.68. The van der Waals surface area contributed by atoms with Crippen molar-refractivity contribution in [3.8, 4) is 0 Å². The lowest BCUT2D eigenvalue weighted by Crippen LogP contribution is -2.31. The van der Waals surface area contributed by atoms with E-state index in [1.54, 1.807) is 24.3 Å². The van der Waals surface area contributed by atoms with Crippen LogP contribution in [0, 0.1) is 0 Å². The summed E-state index contributed by atoms with van der Waals surface area (Å²) in [5.41, 5.74) is 2.76. The molecule has 27 heavy (non-hydrogen) atoms. The third-order valence-electron chi connectivity index (χ3n) is 4.67. The molecule has 3 heterocycles. The quantitative estimate of drug-likeness (QED) is 0.405. The van der Waals surface area contributed by atoms with Crippen molar-refractivity contribution in [1.82, 2.24) is 19.5 Å². The number of thioether (sulfide) groups is 1. The first-order valence-corrected chi connectivity index (χ1v) is 9.53. The Morgan fingerprint density at radius 3 is 2.30 bits per heavy atom. The summed E-state index contributed by atoms with van der Waals surface area (Å²) in [6.45, 7) is 0.330. The second-order valence-corrected chi connectivity index (χ2v) is 7.29. The molecule has 0 saturated carbocycles. The summed E-state index contributed by atoms with van der Waals surface area (Å²) in [5.74, 6) is 0.0932. The zero-order valence-corrected chi connectivity index (χ0v) is 15.0. The molecule has 1 aliphatic heterocycles. The summed E-state index contributed by atoms with van der Waals surface area (Å²) in [7, 11) is 0. The van der Waals surface area contributed by atoms with E-state index in [2.05, 4.69) is 10.2 Å². The highest BCUT2D eigenvalue weighted by molar-refractivity contribution is 7.99. The molecule has 0 atom stereocenters. The van der Waals surface area contributed by atoms with Crippen LogP contribution in [0.5, 0.6) is 0 Å². The smallest absolute Gasteiger partial charge is 0.261 e. The molecule has 132 valence electrons. The highest BCUT2D eigenvalue weighted by Crippen LogP contribution is 2.25. The second-order valence-electron chi connectivity index (χ2n) is 6.22. The van der Waals surface area contributed by atoms with Crippen LogP contribution in [-0.2, 0) is 0 Å².